The van der Waals surface area contributed by atoms with Gasteiger partial charge < -0.3 is 14.5 Å². The molecule has 0 saturated carbocycles. The molecule has 33 heavy (non-hydrogen) atoms. The molecule has 1 fully saturated rings. The zero-order chi connectivity index (χ0) is 23.2. The van der Waals surface area contributed by atoms with Gasteiger partial charge in [-0.25, -0.2) is 13.4 Å². The van der Waals surface area contributed by atoms with Crippen molar-refractivity contribution < 1.29 is 22.4 Å². The highest BCUT2D eigenvalue weighted by Crippen LogP contribution is 2.35. The minimum atomic E-state index is -3.80. The third-order valence-corrected chi connectivity index (χ3v) is 9.70. The number of nitrogens with one attached hydrogen (secondary N) is 1. The maximum Gasteiger partial charge on any atom is 0.253 e. The first-order chi connectivity index (χ1) is 15.9. The van der Waals surface area contributed by atoms with Gasteiger partial charge in [0.25, 0.3) is 10.0 Å². The summed E-state index contributed by atoms with van der Waals surface area (Å²) < 4.78 is 39.0. The van der Waals surface area contributed by atoms with Crippen molar-refractivity contribution in [3.63, 3.8) is 0 Å². The first-order valence-electron chi connectivity index (χ1n) is 9.97. The Kier molecular flexibility index (Phi) is 5.91. The normalized spacial score (nSPS) is 17.0. The van der Waals surface area contributed by atoms with Gasteiger partial charge in [-0.05, 0) is 37.1 Å². The predicted octanol–water partition coefficient (Wildman–Crippen LogP) is 5.07. The molecule has 1 aromatic carbocycles. The molecule has 1 aliphatic rings. The van der Waals surface area contributed by atoms with Crippen LogP contribution in [0.2, 0.25) is 4.34 Å². The number of anilines is 1. The Labute approximate surface area is 202 Å². The molecule has 1 unspecified atom stereocenters. The number of thiazole rings is 1. The van der Waals surface area contributed by atoms with Gasteiger partial charge in [0.15, 0.2) is 22.2 Å². The summed E-state index contributed by atoms with van der Waals surface area (Å²) in [6, 6.07) is 9.65. The summed E-state index contributed by atoms with van der Waals surface area (Å²) in [6.07, 6.45) is 1.03. The van der Waals surface area contributed by atoms with Gasteiger partial charge in [-0.15, -0.1) is 22.7 Å². The van der Waals surface area contributed by atoms with Crippen LogP contribution in [0.3, 0.4) is 0 Å². The Morgan fingerprint density at radius 1 is 1.33 bits per heavy atom. The zero-order valence-corrected chi connectivity index (χ0v) is 20.5. The number of halogens is 1. The molecule has 0 aliphatic carbocycles. The average molecular weight is 524 g/mol. The number of amides is 1. The lowest BCUT2D eigenvalue weighted by Gasteiger charge is -2.22. The van der Waals surface area contributed by atoms with Crippen LogP contribution in [0, 0.1) is 0 Å². The number of nitrogens with zero attached hydrogens (tertiary/aromatic N) is 2. The zero-order valence-electron chi connectivity index (χ0n) is 17.3. The molecule has 0 spiro atoms. The highest BCUT2D eigenvalue weighted by Gasteiger charge is 2.40. The fraction of sp³-hybridized carbons (Fsp3) is 0.238. The number of ether oxygens (including phenoxy) is 1. The highest BCUT2D eigenvalue weighted by molar-refractivity contribution is 7.91. The number of rotatable bonds is 6. The van der Waals surface area contributed by atoms with Crippen molar-refractivity contribution >= 4 is 66.3 Å². The molecular weight excluding hydrogens is 506 g/mol. The highest BCUT2D eigenvalue weighted by atomic mass is 35.5. The van der Waals surface area contributed by atoms with E-state index in [2.05, 4.69) is 10.3 Å². The van der Waals surface area contributed by atoms with E-state index < -0.39 is 22.0 Å². The van der Waals surface area contributed by atoms with Crippen LogP contribution in [-0.2, 0) is 14.8 Å². The number of benzene rings is 1. The van der Waals surface area contributed by atoms with Gasteiger partial charge in [-0.3, -0.25) is 4.79 Å². The summed E-state index contributed by atoms with van der Waals surface area (Å²) in [4.78, 5) is 17.4. The Bertz CT molecular complexity index is 1440. The second-order valence-corrected chi connectivity index (χ2v) is 12.0. The van der Waals surface area contributed by atoms with E-state index >= 15 is 0 Å². The lowest BCUT2D eigenvalue weighted by atomic mass is 10.2. The number of hydrogen-bond donors (Lipinski definition) is 1. The number of thiophene rings is 1. The van der Waals surface area contributed by atoms with Crippen molar-refractivity contribution in [2.24, 2.45) is 0 Å². The maximum atomic E-state index is 13.0. The molecule has 1 N–H and O–H groups in total. The van der Waals surface area contributed by atoms with Crippen LogP contribution in [0.1, 0.15) is 12.8 Å². The summed E-state index contributed by atoms with van der Waals surface area (Å²) in [6.45, 7) is 0.278. The minimum Gasteiger partial charge on any atom is -0.493 e. The summed E-state index contributed by atoms with van der Waals surface area (Å²) in [5.74, 6) is 0.758. The van der Waals surface area contributed by atoms with Gasteiger partial charge >= 0.3 is 0 Å². The van der Waals surface area contributed by atoms with Gasteiger partial charge in [-0.2, -0.15) is 4.31 Å². The van der Waals surface area contributed by atoms with E-state index in [-0.39, 0.29) is 10.8 Å². The van der Waals surface area contributed by atoms with Crippen molar-refractivity contribution in [1.29, 1.82) is 0 Å². The molecule has 4 heterocycles. The number of sulfonamides is 1. The number of furan rings is 1. The van der Waals surface area contributed by atoms with Crippen LogP contribution in [0.25, 0.3) is 22.4 Å². The van der Waals surface area contributed by atoms with Gasteiger partial charge in [-0.1, -0.05) is 23.7 Å². The number of aromatic nitrogens is 1. The third-order valence-electron chi connectivity index (χ3n) is 5.33. The molecule has 3 aromatic heterocycles. The van der Waals surface area contributed by atoms with Crippen LogP contribution in [-0.4, -0.2) is 43.3 Å². The van der Waals surface area contributed by atoms with Crippen molar-refractivity contribution in [3.8, 4) is 17.2 Å². The molecule has 8 nitrogen and oxygen atoms in total. The van der Waals surface area contributed by atoms with Crippen LogP contribution in [0.15, 0.2) is 50.4 Å². The lowest BCUT2D eigenvalue weighted by molar-refractivity contribution is -0.119. The van der Waals surface area contributed by atoms with Crippen molar-refractivity contribution in [1.82, 2.24) is 9.29 Å². The van der Waals surface area contributed by atoms with Crippen LogP contribution < -0.4 is 10.1 Å². The summed E-state index contributed by atoms with van der Waals surface area (Å²) >= 11 is 8.13. The van der Waals surface area contributed by atoms with E-state index in [4.69, 9.17) is 20.8 Å². The van der Waals surface area contributed by atoms with E-state index in [0.29, 0.717) is 45.1 Å². The van der Waals surface area contributed by atoms with Gasteiger partial charge in [0.05, 0.1) is 11.4 Å². The monoisotopic (exact) mass is 523 g/mol. The van der Waals surface area contributed by atoms with E-state index in [1.54, 1.807) is 12.5 Å². The topological polar surface area (TPSA) is 102 Å². The number of carbonyl (C=O) groups is 1. The number of para-hydroxylation sites is 1. The number of methoxy groups -OCH3 is 1. The molecular formula is C21H18ClN3O5S3. The first-order valence-corrected chi connectivity index (χ1v) is 13.5. The Morgan fingerprint density at radius 3 is 2.94 bits per heavy atom. The third kappa shape index (κ3) is 4.15. The molecule has 4 aromatic rings. The average Bonchev–Trinajstić information content (AvgIpc) is 3.58. The van der Waals surface area contributed by atoms with Crippen LogP contribution in [0.4, 0.5) is 5.13 Å². The standard InChI is InChI=1S/C21H18ClN3O5S3/c1-29-15-6-2-4-12-10-16(30-19(12)15)13-11-31-21(23-13)24-20(26)14-5-3-9-25(14)33(27,28)18-8-7-17(22)32-18/h2,4,6-8,10-11,14H,3,5,9H2,1H3,(H,23,24,26). The summed E-state index contributed by atoms with van der Waals surface area (Å²) in [5, 5.41) is 5.78. The van der Waals surface area contributed by atoms with Gasteiger partial charge in [0.1, 0.15) is 15.9 Å². The molecule has 172 valence electrons. The fourth-order valence-corrected chi connectivity index (χ4v) is 7.77. The molecule has 0 bridgehead atoms. The molecule has 1 atom stereocenters. The summed E-state index contributed by atoms with van der Waals surface area (Å²) in [5.41, 5.74) is 1.19. The molecule has 1 amide bonds. The number of fused-ring (bicyclic) bond motifs is 1. The summed E-state index contributed by atoms with van der Waals surface area (Å²) in [7, 11) is -2.22. The Balaban J connectivity index is 1.35. The molecule has 5 rings (SSSR count). The van der Waals surface area contributed by atoms with E-state index in [0.717, 1.165) is 16.7 Å². The molecule has 1 aliphatic heterocycles. The smallest absolute Gasteiger partial charge is 0.253 e. The Hall–Kier alpha value is -2.44. The quantitative estimate of drug-likeness (QED) is 0.378. The fourth-order valence-electron chi connectivity index (χ4n) is 3.80. The molecule has 12 heteroatoms. The molecule has 1 saturated heterocycles. The Morgan fingerprint density at radius 2 is 2.18 bits per heavy atom. The second kappa shape index (κ2) is 8.73. The van der Waals surface area contributed by atoms with Gasteiger partial charge in [0.2, 0.25) is 5.91 Å². The van der Waals surface area contributed by atoms with E-state index in [1.165, 1.54) is 27.8 Å². The predicted molar refractivity (Wildman–Crippen MR) is 129 cm³/mol. The second-order valence-electron chi connectivity index (χ2n) is 7.35. The SMILES string of the molecule is COc1cccc2cc(-c3csc(NC(=O)C4CCCN4S(=O)(=O)c4ccc(Cl)s4)n3)oc12. The minimum absolute atomic E-state index is 0.129. The van der Waals surface area contributed by atoms with E-state index in [9.17, 15) is 13.2 Å². The maximum absolute atomic E-state index is 13.0. The van der Waals surface area contributed by atoms with Gasteiger partial charge in [0, 0.05) is 17.3 Å². The largest absolute Gasteiger partial charge is 0.493 e. The van der Waals surface area contributed by atoms with Crippen molar-refractivity contribution in [2.45, 2.75) is 23.1 Å². The van der Waals surface area contributed by atoms with Crippen molar-refractivity contribution in [3.05, 3.63) is 46.1 Å². The van der Waals surface area contributed by atoms with E-state index in [1.807, 2.05) is 24.3 Å². The van der Waals surface area contributed by atoms with Crippen molar-refractivity contribution in [2.75, 3.05) is 19.0 Å². The number of carbonyl (C=O) groups excluding carboxylic acids is 1. The van der Waals surface area contributed by atoms with Crippen LogP contribution >= 0.6 is 34.3 Å². The first kappa shape index (κ1) is 22.4. The lowest BCUT2D eigenvalue weighted by Crippen LogP contribution is -2.42. The van der Waals surface area contributed by atoms with Crippen LogP contribution in [0.5, 0.6) is 5.75 Å². The number of hydrogen-bond acceptors (Lipinski definition) is 8. The molecule has 0 radical (unpaired) electrons.